The number of anilines is 1. The number of hydrogen-bond donors (Lipinski definition) is 2. The molecule has 1 atom stereocenters. The largest absolute Gasteiger partial charge is 0.480 e. The number of carbonyl (C=O) groups excluding carboxylic acids is 2. The van der Waals surface area contributed by atoms with Gasteiger partial charge in [-0.15, -0.1) is 11.8 Å². The number of pyridine rings is 1. The average Bonchev–Trinajstić information content (AvgIpc) is 2.74. The zero-order valence-electron chi connectivity index (χ0n) is 15.9. The monoisotopic (exact) mass is 413 g/mol. The molecule has 1 aliphatic heterocycles. The van der Waals surface area contributed by atoms with Crippen LogP contribution in [-0.4, -0.2) is 51.1 Å². The number of rotatable bonds is 7. The van der Waals surface area contributed by atoms with E-state index in [4.69, 9.17) is 0 Å². The van der Waals surface area contributed by atoms with Gasteiger partial charge >= 0.3 is 5.97 Å². The van der Waals surface area contributed by atoms with Crippen LogP contribution in [0, 0.1) is 0 Å². The summed E-state index contributed by atoms with van der Waals surface area (Å²) in [5.74, 6) is -0.497. The third kappa shape index (κ3) is 5.80. The number of piperidine rings is 1. The van der Waals surface area contributed by atoms with Crippen LogP contribution in [0.1, 0.15) is 35.2 Å². The summed E-state index contributed by atoms with van der Waals surface area (Å²) in [5, 5.41) is 12.2. The summed E-state index contributed by atoms with van der Waals surface area (Å²) in [6, 6.07) is 9.66. The number of benzene rings is 1. The van der Waals surface area contributed by atoms with Gasteiger partial charge in [0, 0.05) is 35.9 Å². The first-order valence-corrected chi connectivity index (χ1v) is 10.6. The summed E-state index contributed by atoms with van der Waals surface area (Å²) < 4.78 is 0. The minimum atomic E-state index is -0.979. The number of likely N-dealkylation sites (tertiary alicyclic amines) is 1. The van der Waals surface area contributed by atoms with Gasteiger partial charge in [-0.05, 0) is 49.1 Å². The predicted molar refractivity (Wildman–Crippen MR) is 112 cm³/mol. The van der Waals surface area contributed by atoms with E-state index in [1.54, 1.807) is 36.7 Å². The predicted octanol–water partition coefficient (Wildman–Crippen LogP) is 3.03. The van der Waals surface area contributed by atoms with Crippen molar-refractivity contribution in [2.45, 2.75) is 31.1 Å². The van der Waals surface area contributed by atoms with Crippen LogP contribution >= 0.6 is 11.8 Å². The molecule has 0 spiro atoms. The van der Waals surface area contributed by atoms with Crippen molar-refractivity contribution < 1.29 is 19.5 Å². The number of aliphatic carboxylic acids is 1. The van der Waals surface area contributed by atoms with Crippen LogP contribution < -0.4 is 5.32 Å². The van der Waals surface area contributed by atoms with Crippen molar-refractivity contribution in [2.75, 3.05) is 17.6 Å². The van der Waals surface area contributed by atoms with Crippen molar-refractivity contribution in [3.05, 3.63) is 59.9 Å². The molecule has 2 amide bonds. The van der Waals surface area contributed by atoms with Crippen LogP contribution in [0.2, 0.25) is 0 Å². The van der Waals surface area contributed by atoms with Crippen molar-refractivity contribution in [1.29, 1.82) is 0 Å². The molecule has 0 saturated carbocycles. The molecule has 7 nitrogen and oxygen atoms in total. The highest BCUT2D eigenvalue weighted by Crippen LogP contribution is 2.21. The van der Waals surface area contributed by atoms with Crippen LogP contribution in [0.25, 0.3) is 0 Å². The highest BCUT2D eigenvalue weighted by molar-refractivity contribution is 7.99. The number of carboxylic acid groups (broad SMARTS) is 1. The summed E-state index contributed by atoms with van der Waals surface area (Å²) in [4.78, 5) is 41.9. The fraction of sp³-hybridized carbons (Fsp3) is 0.333. The molecule has 1 fully saturated rings. The fourth-order valence-corrected chi connectivity index (χ4v) is 4.04. The van der Waals surface area contributed by atoms with Gasteiger partial charge in [0.1, 0.15) is 6.04 Å². The molecule has 2 heterocycles. The van der Waals surface area contributed by atoms with Gasteiger partial charge in [0.05, 0.1) is 5.75 Å². The molecule has 1 aliphatic rings. The maximum absolute atomic E-state index is 12.8. The average molecular weight is 413 g/mol. The van der Waals surface area contributed by atoms with E-state index in [1.807, 2.05) is 12.1 Å². The molecule has 0 aliphatic carbocycles. The lowest BCUT2D eigenvalue weighted by molar-refractivity contribution is -0.143. The molecule has 1 aromatic heterocycles. The number of thioether (sulfide) groups is 1. The second-order valence-corrected chi connectivity index (χ2v) is 7.82. The Hall–Kier alpha value is -2.87. The van der Waals surface area contributed by atoms with Gasteiger partial charge in [0.25, 0.3) is 5.91 Å². The Bertz CT molecular complexity index is 875. The Labute approximate surface area is 173 Å². The van der Waals surface area contributed by atoms with Gasteiger partial charge in [0.2, 0.25) is 5.91 Å². The van der Waals surface area contributed by atoms with Crippen molar-refractivity contribution in [3.63, 3.8) is 0 Å². The van der Waals surface area contributed by atoms with Crippen LogP contribution in [0.4, 0.5) is 5.69 Å². The zero-order chi connectivity index (χ0) is 20.6. The first-order chi connectivity index (χ1) is 14.0. The molecule has 29 heavy (non-hydrogen) atoms. The molecule has 1 aromatic carbocycles. The maximum Gasteiger partial charge on any atom is 0.326 e. The molecule has 0 radical (unpaired) electrons. The van der Waals surface area contributed by atoms with Gasteiger partial charge in [-0.3, -0.25) is 14.6 Å². The lowest BCUT2D eigenvalue weighted by Crippen LogP contribution is -2.48. The van der Waals surface area contributed by atoms with E-state index >= 15 is 0 Å². The Balaban J connectivity index is 1.57. The Kier molecular flexibility index (Phi) is 7.24. The SMILES string of the molecule is O=C(CSCc1cccnc1)Nc1cccc(C(=O)N2CCCC[C@@H]2C(=O)O)c1. The molecule has 3 rings (SSSR count). The van der Waals surface area contributed by atoms with Crippen LogP contribution in [0.5, 0.6) is 0 Å². The molecular weight excluding hydrogens is 390 g/mol. The second-order valence-electron chi connectivity index (χ2n) is 6.83. The Morgan fingerprint density at radius 2 is 2.07 bits per heavy atom. The first-order valence-electron chi connectivity index (χ1n) is 9.45. The minimum absolute atomic E-state index is 0.162. The van der Waals surface area contributed by atoms with Crippen LogP contribution in [0.15, 0.2) is 48.8 Å². The standard InChI is InChI=1S/C21H23N3O4S/c25-19(14-29-13-15-5-4-9-22-12-15)23-17-7-3-6-16(11-17)20(26)24-10-2-1-8-18(24)21(27)28/h3-7,9,11-12,18H,1-2,8,10,13-14H2,(H,23,25)(H,27,28)/t18-/m1/s1. The number of carboxylic acids is 1. The summed E-state index contributed by atoms with van der Waals surface area (Å²) in [6.45, 7) is 0.428. The number of nitrogens with one attached hydrogen (secondary N) is 1. The smallest absolute Gasteiger partial charge is 0.326 e. The Morgan fingerprint density at radius 3 is 2.83 bits per heavy atom. The summed E-state index contributed by atoms with van der Waals surface area (Å²) in [6.07, 6.45) is 5.53. The molecule has 8 heteroatoms. The lowest BCUT2D eigenvalue weighted by atomic mass is 10.0. The summed E-state index contributed by atoms with van der Waals surface area (Å²) in [7, 11) is 0. The van der Waals surface area contributed by atoms with Crippen molar-refractivity contribution in [3.8, 4) is 0 Å². The van der Waals surface area contributed by atoms with Gasteiger partial charge in [-0.1, -0.05) is 12.1 Å². The van der Waals surface area contributed by atoms with Crippen LogP contribution in [-0.2, 0) is 15.3 Å². The highest BCUT2D eigenvalue weighted by Gasteiger charge is 2.32. The summed E-state index contributed by atoms with van der Waals surface area (Å²) in [5.41, 5.74) is 1.94. The molecule has 152 valence electrons. The number of amides is 2. The number of hydrogen-bond acceptors (Lipinski definition) is 5. The van der Waals surface area contributed by atoms with E-state index in [-0.39, 0.29) is 17.6 Å². The molecule has 2 aromatic rings. The third-order valence-electron chi connectivity index (χ3n) is 4.67. The lowest BCUT2D eigenvalue weighted by Gasteiger charge is -2.33. The first kappa shape index (κ1) is 20.9. The number of aromatic nitrogens is 1. The van der Waals surface area contributed by atoms with Gasteiger partial charge in [-0.2, -0.15) is 0 Å². The van der Waals surface area contributed by atoms with E-state index in [2.05, 4.69) is 10.3 Å². The van der Waals surface area contributed by atoms with E-state index in [1.165, 1.54) is 16.7 Å². The van der Waals surface area contributed by atoms with Crippen molar-refractivity contribution in [1.82, 2.24) is 9.88 Å². The van der Waals surface area contributed by atoms with Gasteiger partial charge in [-0.25, -0.2) is 4.79 Å². The van der Waals surface area contributed by atoms with Crippen molar-refractivity contribution in [2.24, 2.45) is 0 Å². The minimum Gasteiger partial charge on any atom is -0.480 e. The molecule has 0 bridgehead atoms. The van der Waals surface area contributed by atoms with E-state index < -0.39 is 12.0 Å². The second kappa shape index (κ2) is 10.1. The molecule has 2 N–H and O–H groups in total. The number of nitrogens with zero attached hydrogens (tertiary/aromatic N) is 2. The molecular formula is C21H23N3O4S. The topological polar surface area (TPSA) is 99.6 Å². The van der Waals surface area contributed by atoms with Crippen molar-refractivity contribution >= 4 is 35.2 Å². The fourth-order valence-electron chi connectivity index (χ4n) is 3.27. The van der Waals surface area contributed by atoms with Gasteiger partial charge < -0.3 is 15.3 Å². The molecule has 1 saturated heterocycles. The summed E-state index contributed by atoms with van der Waals surface area (Å²) >= 11 is 1.48. The zero-order valence-corrected chi connectivity index (χ0v) is 16.7. The quantitative estimate of drug-likeness (QED) is 0.724. The van der Waals surface area contributed by atoms with E-state index in [0.717, 1.165) is 18.4 Å². The normalized spacial score (nSPS) is 16.3. The molecule has 0 unspecified atom stereocenters. The van der Waals surface area contributed by atoms with Crippen LogP contribution in [0.3, 0.4) is 0 Å². The maximum atomic E-state index is 12.8. The van der Waals surface area contributed by atoms with E-state index in [0.29, 0.717) is 30.0 Å². The van der Waals surface area contributed by atoms with Gasteiger partial charge in [0.15, 0.2) is 0 Å². The highest BCUT2D eigenvalue weighted by atomic mass is 32.2. The van der Waals surface area contributed by atoms with E-state index in [9.17, 15) is 19.5 Å². The Morgan fingerprint density at radius 1 is 1.21 bits per heavy atom. The third-order valence-corrected chi connectivity index (χ3v) is 5.67. The number of carbonyl (C=O) groups is 3.